The smallest absolute Gasteiger partial charge is 0.407 e. The molecular weight excluding hydrogens is 971 g/mol. The maximum absolute atomic E-state index is 13.9. The fraction of sp³-hybridized carbons (Fsp3) is 0.431. The van der Waals surface area contributed by atoms with Crippen LogP contribution in [-0.2, 0) is 51.1 Å². The maximum atomic E-state index is 13.9. The summed E-state index contributed by atoms with van der Waals surface area (Å²) in [6.07, 6.45) is 3.09. The third-order valence-electron chi connectivity index (χ3n) is 11.8. The first-order valence-electron chi connectivity index (χ1n) is 25.6. The number of unbranched alkanes of at least 4 members (excludes halogenated alkanes) is 1. The van der Waals surface area contributed by atoms with Crippen LogP contribution in [0, 0.1) is 0 Å². The molecule has 0 aliphatic heterocycles. The van der Waals surface area contributed by atoms with E-state index in [0.717, 1.165) is 33.2 Å². The molecule has 1 aliphatic carbocycles. The molecule has 0 bridgehead atoms. The Morgan fingerprint density at radius 1 is 0.592 bits per heavy atom. The largest absolute Gasteiger partial charge is 0.460 e. The Morgan fingerprint density at radius 3 is 1.78 bits per heavy atom. The molecule has 0 saturated heterocycles. The topological polar surface area (TPSA) is 242 Å². The van der Waals surface area contributed by atoms with Crippen molar-refractivity contribution in [2.75, 3.05) is 13.2 Å². The second-order valence-electron chi connectivity index (χ2n) is 21.7. The summed E-state index contributed by atoms with van der Waals surface area (Å²) in [5.41, 5.74) is 4.05. The van der Waals surface area contributed by atoms with Gasteiger partial charge in [0.2, 0.25) is 5.91 Å². The van der Waals surface area contributed by atoms with Crippen molar-refractivity contribution in [3.05, 3.63) is 131 Å². The van der Waals surface area contributed by atoms with Crippen LogP contribution in [0.1, 0.15) is 133 Å². The van der Waals surface area contributed by atoms with Crippen molar-refractivity contribution >= 4 is 52.7 Å². The number of nitrogens with one attached hydrogen (secondary N) is 5. The molecule has 5 amide bonds. The van der Waals surface area contributed by atoms with E-state index >= 15 is 0 Å². The highest BCUT2D eigenvalue weighted by Crippen LogP contribution is 2.44. The molecule has 3 atom stereocenters. The van der Waals surface area contributed by atoms with Gasteiger partial charge >= 0.3 is 30.0 Å². The predicted molar refractivity (Wildman–Crippen MR) is 286 cm³/mol. The van der Waals surface area contributed by atoms with Crippen molar-refractivity contribution in [3.63, 3.8) is 0 Å². The van der Waals surface area contributed by atoms with Gasteiger partial charge in [-0.25, -0.2) is 19.2 Å². The summed E-state index contributed by atoms with van der Waals surface area (Å²) in [6.45, 7) is 15.6. The van der Waals surface area contributed by atoms with Crippen molar-refractivity contribution in [1.29, 1.82) is 0 Å². The molecule has 1 aliphatic rings. The lowest BCUT2D eigenvalue weighted by molar-refractivity contribution is -0.159. The highest BCUT2D eigenvalue weighted by Gasteiger charge is 2.33. The van der Waals surface area contributed by atoms with Gasteiger partial charge in [-0.3, -0.25) is 24.4 Å². The number of alkyl carbamates (subject to hydrolysis) is 1. The van der Waals surface area contributed by atoms with Crippen LogP contribution in [0.2, 0.25) is 0 Å². The van der Waals surface area contributed by atoms with Gasteiger partial charge in [-0.15, -0.1) is 0 Å². The SMILES string of the molecule is CC(C)(C)OC(=O)CC[C@H](NC(=O)N[C@@H](CCCCNC(=O)[C@@H](Cc1cnc2ccccc2c1)NC(=O)c1ccc(CNC(=O)OCC2c3ccccc3-c3ccccc32)cn1)C(=O)OC(C)(C)C)C(=O)OC(C)(C)C. The van der Waals surface area contributed by atoms with E-state index in [1.807, 2.05) is 66.7 Å². The Bertz CT molecular complexity index is 2820. The summed E-state index contributed by atoms with van der Waals surface area (Å²) in [5.74, 6) is -3.22. The molecule has 6 rings (SSSR count). The number of esters is 3. The summed E-state index contributed by atoms with van der Waals surface area (Å²) in [4.78, 5) is 102. The predicted octanol–water partition coefficient (Wildman–Crippen LogP) is 8.14. The molecule has 5 aromatic rings. The number of rotatable bonds is 21. The average molecular weight is 1040 g/mol. The third kappa shape index (κ3) is 17.6. The standard InChI is InChI=1S/C58H71N7O11/c1-56(2,3)74-49(66)28-27-47(53(70)76-58(7,8)9)65-54(71)64-46(52(69)75-57(4,5)6)24-16-17-29-59-50(67)48(31-37-30-38-18-10-15-23-44(38)60-34-37)63-51(68)45-26-25-36(32-61-45)33-62-55(72)73-35-43-41-21-13-11-19-39(41)40-20-12-14-22-42(40)43/h10-15,18-23,25-26,30,32,34,43,46-48H,16-17,24,27-29,31,33,35H2,1-9H3,(H,59,67)(H,62,72)(H,63,68)(H2,64,65,71)/t46-,47-,48+/m0/s1. The van der Waals surface area contributed by atoms with Gasteiger partial charge in [0, 0.05) is 49.6 Å². The fourth-order valence-electron chi connectivity index (χ4n) is 8.46. The summed E-state index contributed by atoms with van der Waals surface area (Å²) in [6, 6.07) is 24.5. The van der Waals surface area contributed by atoms with Crippen molar-refractivity contribution in [2.24, 2.45) is 0 Å². The van der Waals surface area contributed by atoms with Crippen LogP contribution in [0.25, 0.3) is 22.0 Å². The van der Waals surface area contributed by atoms with Gasteiger partial charge in [-0.2, -0.15) is 0 Å². The summed E-state index contributed by atoms with van der Waals surface area (Å²) < 4.78 is 22.2. The Balaban J connectivity index is 1.04. The second-order valence-corrected chi connectivity index (χ2v) is 21.7. The molecule has 0 fully saturated rings. The molecule has 0 spiro atoms. The molecule has 18 nitrogen and oxygen atoms in total. The molecule has 0 unspecified atom stereocenters. The lowest BCUT2D eigenvalue weighted by Crippen LogP contribution is -2.53. The number of aromatic nitrogens is 2. The average Bonchev–Trinajstić information content (AvgIpc) is 3.67. The van der Waals surface area contributed by atoms with E-state index in [-0.39, 0.29) is 57.0 Å². The van der Waals surface area contributed by atoms with Gasteiger partial charge in [0.15, 0.2) is 0 Å². The van der Waals surface area contributed by atoms with Crippen LogP contribution in [0.15, 0.2) is 103 Å². The molecule has 5 N–H and O–H groups in total. The molecule has 76 heavy (non-hydrogen) atoms. The number of urea groups is 1. The van der Waals surface area contributed by atoms with Gasteiger partial charge < -0.3 is 45.5 Å². The van der Waals surface area contributed by atoms with E-state index in [4.69, 9.17) is 18.9 Å². The molecule has 3 aromatic carbocycles. The number of pyridine rings is 2. The normalized spacial score (nSPS) is 13.4. The van der Waals surface area contributed by atoms with Crippen molar-refractivity contribution < 1.29 is 52.5 Å². The zero-order valence-corrected chi connectivity index (χ0v) is 44.9. The monoisotopic (exact) mass is 1040 g/mol. The molecular formula is C58H71N7O11. The molecule has 2 heterocycles. The number of hydrogen-bond donors (Lipinski definition) is 5. The highest BCUT2D eigenvalue weighted by molar-refractivity contribution is 5.96. The van der Waals surface area contributed by atoms with Crippen LogP contribution in [0.4, 0.5) is 9.59 Å². The number of hydrogen-bond acceptors (Lipinski definition) is 13. The van der Waals surface area contributed by atoms with Gasteiger partial charge in [0.05, 0.1) is 5.52 Å². The number of carbonyl (C=O) groups excluding carboxylic acids is 7. The van der Waals surface area contributed by atoms with Gasteiger partial charge in [0.1, 0.15) is 47.2 Å². The molecule has 18 heteroatoms. The highest BCUT2D eigenvalue weighted by atomic mass is 16.6. The van der Waals surface area contributed by atoms with E-state index in [0.29, 0.717) is 24.0 Å². The van der Waals surface area contributed by atoms with Crippen LogP contribution >= 0.6 is 0 Å². The number of benzene rings is 3. The molecule has 0 saturated carbocycles. The first-order chi connectivity index (χ1) is 35.9. The number of carbonyl (C=O) groups is 7. The third-order valence-corrected chi connectivity index (χ3v) is 11.8. The Kier molecular flexibility index (Phi) is 19.3. The minimum absolute atomic E-state index is 0.0458. The van der Waals surface area contributed by atoms with Crippen LogP contribution in [-0.4, -0.2) is 99.9 Å². The lowest BCUT2D eigenvalue weighted by Gasteiger charge is -2.27. The molecule has 404 valence electrons. The van der Waals surface area contributed by atoms with Gasteiger partial charge in [-0.1, -0.05) is 72.8 Å². The number of para-hydroxylation sites is 1. The van der Waals surface area contributed by atoms with Crippen molar-refractivity contribution in [3.8, 4) is 11.1 Å². The molecule has 0 radical (unpaired) electrons. The first kappa shape index (κ1) is 57.4. The van der Waals surface area contributed by atoms with E-state index < -0.39 is 76.8 Å². The van der Waals surface area contributed by atoms with Gasteiger partial charge in [0.25, 0.3) is 5.91 Å². The second kappa shape index (κ2) is 25.6. The molecule has 2 aromatic heterocycles. The Labute approximate surface area is 444 Å². The number of fused-ring (bicyclic) bond motifs is 4. The number of nitrogens with zero attached hydrogens (tertiary/aromatic N) is 2. The van der Waals surface area contributed by atoms with Crippen LogP contribution < -0.4 is 26.6 Å². The van der Waals surface area contributed by atoms with E-state index in [1.54, 1.807) is 74.6 Å². The van der Waals surface area contributed by atoms with Crippen LogP contribution in [0.5, 0.6) is 0 Å². The maximum Gasteiger partial charge on any atom is 0.407 e. The zero-order valence-electron chi connectivity index (χ0n) is 44.9. The summed E-state index contributed by atoms with van der Waals surface area (Å²) in [5, 5.41) is 14.5. The van der Waals surface area contributed by atoms with E-state index in [2.05, 4.69) is 48.7 Å². The first-order valence-corrected chi connectivity index (χ1v) is 25.6. The Morgan fingerprint density at radius 2 is 1.17 bits per heavy atom. The summed E-state index contributed by atoms with van der Waals surface area (Å²) >= 11 is 0. The quantitative estimate of drug-likeness (QED) is 0.0265. The van der Waals surface area contributed by atoms with E-state index in [1.165, 1.54) is 12.3 Å². The minimum Gasteiger partial charge on any atom is -0.460 e. The Hall–Kier alpha value is -7.89. The van der Waals surface area contributed by atoms with E-state index in [9.17, 15) is 33.6 Å². The minimum atomic E-state index is -1.25. The van der Waals surface area contributed by atoms with Crippen LogP contribution in [0.3, 0.4) is 0 Å². The lowest BCUT2D eigenvalue weighted by atomic mass is 9.98. The van der Waals surface area contributed by atoms with Crippen molar-refractivity contribution in [2.45, 2.75) is 148 Å². The van der Waals surface area contributed by atoms with Crippen molar-refractivity contribution in [1.82, 2.24) is 36.6 Å². The zero-order chi connectivity index (χ0) is 55.2. The number of ether oxygens (including phenoxy) is 4. The summed E-state index contributed by atoms with van der Waals surface area (Å²) in [7, 11) is 0. The van der Waals surface area contributed by atoms with Gasteiger partial charge in [-0.05, 0) is 140 Å². The number of amides is 5. The fourth-order valence-corrected chi connectivity index (χ4v) is 8.46.